The highest BCUT2D eigenvalue weighted by molar-refractivity contribution is 5.84. The van der Waals surface area contributed by atoms with Crippen LogP contribution in [0, 0.1) is 5.92 Å². The lowest BCUT2D eigenvalue weighted by atomic mass is 9.96. The van der Waals surface area contributed by atoms with E-state index in [2.05, 4.69) is 21.1 Å². The zero-order chi connectivity index (χ0) is 22.1. The lowest BCUT2D eigenvalue weighted by molar-refractivity contribution is -0.126. The number of phenolic OH excluding ortho intramolecular Hbond substituents is 2. The van der Waals surface area contributed by atoms with E-state index in [1.807, 2.05) is 4.90 Å². The van der Waals surface area contributed by atoms with Gasteiger partial charge in [0, 0.05) is 5.92 Å². The predicted octanol–water partition coefficient (Wildman–Crippen LogP) is 1.41. The second kappa shape index (κ2) is 10.9. The average Bonchev–Trinajstić information content (AvgIpc) is 2.77. The van der Waals surface area contributed by atoms with Gasteiger partial charge in [0.15, 0.2) is 0 Å². The first-order chi connectivity index (χ1) is 15.0. The van der Waals surface area contributed by atoms with Gasteiger partial charge in [-0.05, 0) is 85.6 Å². The quantitative estimate of drug-likeness (QED) is 0.396. The van der Waals surface area contributed by atoms with Crippen molar-refractivity contribution in [3.05, 3.63) is 59.7 Å². The molecule has 0 unspecified atom stereocenters. The Balaban J connectivity index is 1.35. The third-order valence-electron chi connectivity index (χ3n) is 4.90. The maximum atomic E-state index is 12.3. The Morgan fingerprint density at radius 3 is 1.87 bits per heavy atom. The number of hydrazone groups is 2. The average molecular weight is 423 g/mol. The van der Waals surface area contributed by atoms with Gasteiger partial charge in [0.2, 0.25) is 5.91 Å². The van der Waals surface area contributed by atoms with Gasteiger partial charge in [-0.2, -0.15) is 10.2 Å². The number of carbonyl (C=O) groups excluding carboxylic acids is 2. The fourth-order valence-electron chi connectivity index (χ4n) is 3.15. The molecule has 1 heterocycles. The highest BCUT2D eigenvalue weighted by Crippen LogP contribution is 2.17. The summed E-state index contributed by atoms with van der Waals surface area (Å²) in [6.07, 6.45) is 4.32. The van der Waals surface area contributed by atoms with Crippen molar-refractivity contribution in [3.63, 3.8) is 0 Å². The van der Waals surface area contributed by atoms with Crippen molar-refractivity contribution in [2.75, 3.05) is 19.6 Å². The van der Waals surface area contributed by atoms with E-state index in [0.29, 0.717) is 25.9 Å². The number of carbonyl (C=O) groups is 2. The minimum atomic E-state index is -0.226. The summed E-state index contributed by atoms with van der Waals surface area (Å²) in [7, 11) is 0. The molecule has 0 spiro atoms. The molecule has 0 saturated carbocycles. The van der Waals surface area contributed by atoms with Crippen LogP contribution in [0.4, 0.5) is 0 Å². The first kappa shape index (κ1) is 22.0. The minimum absolute atomic E-state index is 0.141. The Labute approximate surface area is 180 Å². The molecule has 2 amide bonds. The number of aromatic hydroxyl groups is 2. The summed E-state index contributed by atoms with van der Waals surface area (Å²) in [6.45, 7) is 1.48. The lowest BCUT2D eigenvalue weighted by Gasteiger charge is -2.30. The third kappa shape index (κ3) is 7.23. The van der Waals surface area contributed by atoms with Gasteiger partial charge in [0.1, 0.15) is 11.5 Å². The number of nitrogens with zero attached hydrogens (tertiary/aromatic N) is 3. The highest BCUT2D eigenvalue weighted by Gasteiger charge is 2.25. The molecule has 0 aromatic heterocycles. The van der Waals surface area contributed by atoms with Crippen LogP contribution in [-0.4, -0.2) is 59.0 Å². The van der Waals surface area contributed by atoms with Gasteiger partial charge < -0.3 is 10.2 Å². The van der Waals surface area contributed by atoms with Crippen molar-refractivity contribution >= 4 is 24.2 Å². The topological polar surface area (TPSA) is 127 Å². The SMILES string of the molecule is O=C(CN1CCC(C(=O)N/N=C/c2ccc(O)cc2)CC1)N/N=C/c1ccc(O)cc1. The largest absolute Gasteiger partial charge is 0.508 e. The molecule has 0 aliphatic carbocycles. The van der Waals surface area contributed by atoms with E-state index < -0.39 is 0 Å². The van der Waals surface area contributed by atoms with E-state index in [9.17, 15) is 19.8 Å². The summed E-state index contributed by atoms with van der Waals surface area (Å²) in [6, 6.07) is 13.0. The Hall–Kier alpha value is -3.72. The molecule has 0 radical (unpaired) electrons. The number of benzene rings is 2. The number of piperidine rings is 1. The van der Waals surface area contributed by atoms with Crippen molar-refractivity contribution < 1.29 is 19.8 Å². The van der Waals surface area contributed by atoms with Crippen molar-refractivity contribution in [2.24, 2.45) is 16.1 Å². The second-order valence-electron chi connectivity index (χ2n) is 7.26. The Morgan fingerprint density at radius 1 is 0.871 bits per heavy atom. The summed E-state index contributed by atoms with van der Waals surface area (Å²) in [5.41, 5.74) is 6.57. The maximum Gasteiger partial charge on any atom is 0.254 e. The van der Waals surface area contributed by atoms with Crippen molar-refractivity contribution in [2.45, 2.75) is 12.8 Å². The number of phenols is 2. The fourth-order valence-corrected chi connectivity index (χ4v) is 3.15. The van der Waals surface area contributed by atoms with E-state index in [1.54, 1.807) is 48.5 Å². The summed E-state index contributed by atoms with van der Waals surface area (Å²) in [4.78, 5) is 26.3. The predicted molar refractivity (Wildman–Crippen MR) is 117 cm³/mol. The van der Waals surface area contributed by atoms with E-state index in [-0.39, 0.29) is 35.8 Å². The van der Waals surface area contributed by atoms with Gasteiger partial charge in [0.05, 0.1) is 19.0 Å². The molecule has 1 aliphatic rings. The van der Waals surface area contributed by atoms with Gasteiger partial charge >= 0.3 is 0 Å². The van der Waals surface area contributed by atoms with E-state index in [0.717, 1.165) is 11.1 Å². The van der Waals surface area contributed by atoms with Crippen LogP contribution in [0.5, 0.6) is 11.5 Å². The van der Waals surface area contributed by atoms with Gasteiger partial charge in [-0.15, -0.1) is 0 Å². The monoisotopic (exact) mass is 423 g/mol. The molecule has 1 aliphatic heterocycles. The third-order valence-corrected chi connectivity index (χ3v) is 4.90. The van der Waals surface area contributed by atoms with Crippen LogP contribution in [0.15, 0.2) is 58.7 Å². The van der Waals surface area contributed by atoms with Gasteiger partial charge in [-0.3, -0.25) is 14.5 Å². The number of hydrogen-bond donors (Lipinski definition) is 4. The smallest absolute Gasteiger partial charge is 0.254 e. The molecule has 0 bridgehead atoms. The van der Waals surface area contributed by atoms with E-state index in [1.165, 1.54) is 12.4 Å². The maximum absolute atomic E-state index is 12.3. The van der Waals surface area contributed by atoms with E-state index in [4.69, 9.17) is 0 Å². The number of hydrogen-bond acceptors (Lipinski definition) is 7. The summed E-state index contributed by atoms with van der Waals surface area (Å²) >= 11 is 0. The Bertz CT molecular complexity index is 933. The molecule has 2 aromatic rings. The molecule has 2 aromatic carbocycles. The zero-order valence-corrected chi connectivity index (χ0v) is 16.9. The van der Waals surface area contributed by atoms with Crippen LogP contribution < -0.4 is 10.9 Å². The molecule has 162 valence electrons. The second-order valence-corrected chi connectivity index (χ2v) is 7.26. The number of likely N-dealkylation sites (tertiary alicyclic amines) is 1. The number of nitrogens with one attached hydrogen (secondary N) is 2. The standard InChI is InChI=1S/C22H25N5O4/c28-19-5-1-16(2-6-19)13-23-25-21(30)15-27-11-9-18(10-12-27)22(31)26-24-14-17-3-7-20(29)8-4-17/h1-8,13-14,18,28-29H,9-12,15H2,(H,25,30)(H,26,31)/b23-13+,24-14+. The number of rotatable bonds is 7. The molecule has 4 N–H and O–H groups in total. The summed E-state index contributed by atoms with van der Waals surface area (Å²) in [5, 5.41) is 26.4. The first-order valence-electron chi connectivity index (χ1n) is 9.95. The number of amides is 2. The molecule has 0 atom stereocenters. The van der Waals surface area contributed by atoms with Gasteiger partial charge in [0.25, 0.3) is 5.91 Å². The normalized spacial score (nSPS) is 15.4. The van der Waals surface area contributed by atoms with Crippen LogP contribution in [-0.2, 0) is 9.59 Å². The molecule has 1 fully saturated rings. The van der Waals surface area contributed by atoms with Crippen molar-refractivity contribution in [3.8, 4) is 11.5 Å². The van der Waals surface area contributed by atoms with Gasteiger partial charge in [-0.25, -0.2) is 10.9 Å². The molecular formula is C22H25N5O4. The Morgan fingerprint density at radius 2 is 1.35 bits per heavy atom. The highest BCUT2D eigenvalue weighted by atomic mass is 16.3. The molecule has 1 saturated heterocycles. The Kier molecular flexibility index (Phi) is 7.72. The molecule has 31 heavy (non-hydrogen) atoms. The lowest BCUT2D eigenvalue weighted by Crippen LogP contribution is -2.43. The van der Waals surface area contributed by atoms with Crippen LogP contribution in [0.3, 0.4) is 0 Å². The minimum Gasteiger partial charge on any atom is -0.508 e. The van der Waals surface area contributed by atoms with Crippen LogP contribution >= 0.6 is 0 Å². The summed E-state index contributed by atoms with van der Waals surface area (Å²) < 4.78 is 0. The molecular weight excluding hydrogens is 398 g/mol. The van der Waals surface area contributed by atoms with Crippen LogP contribution in [0.2, 0.25) is 0 Å². The van der Waals surface area contributed by atoms with Crippen molar-refractivity contribution in [1.29, 1.82) is 0 Å². The summed E-state index contributed by atoms with van der Waals surface area (Å²) in [5.74, 6) is -0.175. The van der Waals surface area contributed by atoms with Crippen molar-refractivity contribution in [1.82, 2.24) is 15.8 Å². The van der Waals surface area contributed by atoms with E-state index >= 15 is 0 Å². The van der Waals surface area contributed by atoms with Gasteiger partial charge in [-0.1, -0.05) is 0 Å². The van der Waals surface area contributed by atoms with Crippen LogP contribution in [0.1, 0.15) is 24.0 Å². The molecule has 9 heteroatoms. The zero-order valence-electron chi connectivity index (χ0n) is 16.9. The molecule has 9 nitrogen and oxygen atoms in total. The molecule has 3 rings (SSSR count). The first-order valence-corrected chi connectivity index (χ1v) is 9.95. The van der Waals surface area contributed by atoms with Crippen LogP contribution in [0.25, 0.3) is 0 Å². The fraction of sp³-hybridized carbons (Fsp3) is 0.273.